The molecule has 1 aromatic rings. The largest absolute Gasteiger partial charge is 0.471 e. The van der Waals surface area contributed by atoms with E-state index in [1.807, 2.05) is 0 Å². The van der Waals surface area contributed by atoms with Gasteiger partial charge in [-0.3, -0.25) is 9.59 Å². The smallest absolute Gasteiger partial charge is 0.469 e. The number of alkyl halides is 3. The van der Waals surface area contributed by atoms with Gasteiger partial charge < -0.3 is 14.8 Å². The fourth-order valence-corrected chi connectivity index (χ4v) is 3.30. The zero-order valence-electron chi connectivity index (χ0n) is 17.7. The fraction of sp³-hybridized carbons (Fsp3) is 0.381. The minimum Gasteiger partial charge on any atom is -0.469 e. The van der Waals surface area contributed by atoms with Crippen molar-refractivity contribution >= 4 is 29.4 Å². The number of ether oxygens (including phenoxy) is 2. The van der Waals surface area contributed by atoms with Crippen molar-refractivity contribution in [1.82, 2.24) is 0 Å². The lowest BCUT2D eigenvalue weighted by molar-refractivity contribution is -0.167. The first-order valence-corrected chi connectivity index (χ1v) is 9.46. The summed E-state index contributed by atoms with van der Waals surface area (Å²) in [5, 5.41) is 1.52. The lowest BCUT2D eigenvalue weighted by Gasteiger charge is -2.20. The van der Waals surface area contributed by atoms with Crippen LogP contribution < -0.4 is 5.32 Å². The zero-order valence-corrected chi connectivity index (χ0v) is 17.7. The van der Waals surface area contributed by atoms with Crippen LogP contribution in [0.25, 0.3) is 5.83 Å². The first kappa shape index (κ1) is 25.9. The van der Waals surface area contributed by atoms with Crippen LogP contribution >= 0.6 is 0 Å². The molecule has 0 spiro atoms. The zero-order chi connectivity index (χ0) is 25.1. The maximum atomic E-state index is 14.5. The number of anilines is 1. The summed E-state index contributed by atoms with van der Waals surface area (Å²) in [6, 6.07) is 0. The topological polar surface area (TPSA) is 81.7 Å². The second-order valence-corrected chi connectivity index (χ2v) is 7.14. The Hall–Kier alpha value is -3.31. The van der Waals surface area contributed by atoms with Crippen LogP contribution in [0.15, 0.2) is 17.7 Å². The van der Waals surface area contributed by atoms with E-state index in [0.717, 1.165) is 0 Å². The van der Waals surface area contributed by atoms with Gasteiger partial charge in [0.05, 0.1) is 18.4 Å². The van der Waals surface area contributed by atoms with Crippen LogP contribution in [0, 0.1) is 6.92 Å². The van der Waals surface area contributed by atoms with Crippen molar-refractivity contribution < 1.29 is 50.2 Å². The maximum absolute atomic E-state index is 14.5. The molecule has 12 heteroatoms. The molecule has 1 heterocycles. The van der Waals surface area contributed by atoms with Gasteiger partial charge in [0.2, 0.25) is 0 Å². The molecule has 0 aromatic heterocycles. The molecule has 1 aliphatic heterocycles. The van der Waals surface area contributed by atoms with Crippen LogP contribution in [0.1, 0.15) is 52.4 Å². The molecule has 180 valence electrons. The predicted octanol–water partition coefficient (Wildman–Crippen LogP) is 5.14. The van der Waals surface area contributed by atoms with Gasteiger partial charge in [-0.05, 0) is 37.8 Å². The van der Waals surface area contributed by atoms with E-state index in [0.29, 0.717) is 5.57 Å². The number of esters is 2. The first-order chi connectivity index (χ1) is 15.3. The van der Waals surface area contributed by atoms with Gasteiger partial charge in [-0.2, -0.15) is 22.0 Å². The van der Waals surface area contributed by atoms with Crippen molar-refractivity contribution in [3.05, 3.63) is 45.5 Å². The number of rotatable bonds is 7. The SMILES string of the molecule is COC(=O)CCC(C)=CCc1c(NC(=O)C(F)(F)F)c2c(c(C)c1C(F)=C(F)F)COC2=O. The maximum Gasteiger partial charge on any atom is 0.471 e. The number of fused-ring (bicyclic) bond motifs is 1. The highest BCUT2D eigenvalue weighted by Gasteiger charge is 2.41. The van der Waals surface area contributed by atoms with E-state index in [-0.39, 0.29) is 24.0 Å². The molecule has 2 rings (SSSR count). The van der Waals surface area contributed by atoms with Crippen molar-refractivity contribution in [1.29, 1.82) is 0 Å². The number of methoxy groups -OCH3 is 1. The van der Waals surface area contributed by atoms with E-state index in [9.17, 15) is 40.7 Å². The molecule has 33 heavy (non-hydrogen) atoms. The van der Waals surface area contributed by atoms with Gasteiger partial charge in [-0.1, -0.05) is 11.6 Å². The molecule has 0 fully saturated rings. The molecule has 1 N–H and O–H groups in total. The number of hydrogen-bond donors (Lipinski definition) is 1. The molecule has 1 aromatic carbocycles. The van der Waals surface area contributed by atoms with Gasteiger partial charge in [0.1, 0.15) is 6.61 Å². The lowest BCUT2D eigenvalue weighted by Crippen LogP contribution is -2.31. The van der Waals surface area contributed by atoms with Crippen molar-refractivity contribution in [2.24, 2.45) is 0 Å². The summed E-state index contributed by atoms with van der Waals surface area (Å²) in [6.07, 6.45) is -7.05. The summed E-state index contributed by atoms with van der Waals surface area (Å²) >= 11 is 0. The molecule has 1 amide bonds. The number of benzene rings is 1. The standard InChI is InChI=1S/C21H19F6NO5/c1-9(5-7-13(29)32-3)4-6-11-14(16(22)18(23)24)10(2)12-8-33-19(30)15(12)17(11)28-20(31)21(25,26)27/h4H,5-8H2,1-3H3,(H,28,31). The normalized spacial score (nSPS) is 13.4. The van der Waals surface area contributed by atoms with E-state index < -0.39 is 71.3 Å². The van der Waals surface area contributed by atoms with Crippen LogP contribution in [-0.4, -0.2) is 31.1 Å². The Bertz CT molecular complexity index is 1050. The minimum absolute atomic E-state index is 0.0354. The van der Waals surface area contributed by atoms with Crippen molar-refractivity contribution in [3.8, 4) is 0 Å². The molecule has 0 radical (unpaired) electrons. The summed E-state index contributed by atoms with van der Waals surface area (Å²) < 4.78 is 89.0. The van der Waals surface area contributed by atoms with Crippen LogP contribution in [-0.2, 0) is 32.1 Å². The number of nitrogens with one attached hydrogen (secondary N) is 1. The van der Waals surface area contributed by atoms with Crippen LogP contribution in [0.3, 0.4) is 0 Å². The molecule has 0 unspecified atom stereocenters. The summed E-state index contributed by atoms with van der Waals surface area (Å²) in [5.74, 6) is -6.11. The van der Waals surface area contributed by atoms with Crippen LogP contribution in [0.5, 0.6) is 0 Å². The Morgan fingerprint density at radius 1 is 1.18 bits per heavy atom. The van der Waals surface area contributed by atoms with Crippen LogP contribution in [0.4, 0.5) is 32.0 Å². The van der Waals surface area contributed by atoms with E-state index >= 15 is 0 Å². The third-order valence-electron chi connectivity index (χ3n) is 5.02. The van der Waals surface area contributed by atoms with Gasteiger partial charge in [0.25, 0.3) is 0 Å². The second-order valence-electron chi connectivity index (χ2n) is 7.14. The highest BCUT2D eigenvalue weighted by atomic mass is 19.4. The molecule has 0 atom stereocenters. The van der Waals surface area contributed by atoms with Crippen molar-refractivity contribution in [2.75, 3.05) is 12.4 Å². The third-order valence-corrected chi connectivity index (χ3v) is 5.02. The second kappa shape index (κ2) is 10.1. The highest BCUT2D eigenvalue weighted by molar-refractivity contribution is 6.07. The van der Waals surface area contributed by atoms with Gasteiger partial charge in [-0.25, -0.2) is 9.18 Å². The van der Waals surface area contributed by atoms with Crippen molar-refractivity contribution in [3.63, 3.8) is 0 Å². The summed E-state index contributed by atoms with van der Waals surface area (Å²) in [4.78, 5) is 35.1. The molecule has 0 saturated heterocycles. The highest BCUT2D eigenvalue weighted by Crippen LogP contribution is 2.42. The first-order valence-electron chi connectivity index (χ1n) is 9.46. The Morgan fingerprint density at radius 3 is 2.36 bits per heavy atom. The predicted molar refractivity (Wildman–Crippen MR) is 104 cm³/mol. The molecule has 6 nitrogen and oxygen atoms in total. The number of hydrogen-bond acceptors (Lipinski definition) is 5. The average Bonchev–Trinajstić information content (AvgIpc) is 3.13. The minimum atomic E-state index is -5.37. The molecular weight excluding hydrogens is 460 g/mol. The molecular formula is C21H19F6NO5. The van der Waals surface area contributed by atoms with Crippen molar-refractivity contribution in [2.45, 2.75) is 45.9 Å². The van der Waals surface area contributed by atoms with E-state index in [1.165, 1.54) is 25.4 Å². The molecule has 0 saturated carbocycles. The number of amides is 1. The Labute approximate surface area is 184 Å². The summed E-state index contributed by atoms with van der Waals surface area (Å²) in [7, 11) is 1.18. The summed E-state index contributed by atoms with van der Waals surface area (Å²) in [6.45, 7) is 2.27. The van der Waals surface area contributed by atoms with E-state index in [2.05, 4.69) is 4.74 Å². The van der Waals surface area contributed by atoms with Gasteiger partial charge in [0, 0.05) is 17.5 Å². The number of halogens is 6. The third kappa shape index (κ3) is 5.74. The van der Waals surface area contributed by atoms with Crippen LogP contribution in [0.2, 0.25) is 0 Å². The number of cyclic esters (lactones) is 1. The number of carbonyl (C=O) groups is 3. The average molecular weight is 479 g/mol. The molecule has 0 bridgehead atoms. The fourth-order valence-electron chi connectivity index (χ4n) is 3.30. The molecule has 1 aliphatic rings. The lowest BCUT2D eigenvalue weighted by atomic mass is 9.88. The van der Waals surface area contributed by atoms with E-state index in [1.54, 1.807) is 6.92 Å². The van der Waals surface area contributed by atoms with Gasteiger partial charge >= 0.3 is 30.1 Å². The number of carbonyl (C=O) groups excluding carboxylic acids is 3. The quantitative estimate of drug-likeness (QED) is 0.333. The summed E-state index contributed by atoms with van der Waals surface area (Å²) in [5.41, 5.74) is -2.18. The Kier molecular flexibility index (Phi) is 7.93. The monoisotopic (exact) mass is 479 g/mol. The van der Waals surface area contributed by atoms with Gasteiger partial charge in [0.15, 0.2) is 5.83 Å². The number of allylic oxidation sites excluding steroid dienone is 2. The van der Waals surface area contributed by atoms with Gasteiger partial charge in [-0.15, -0.1) is 0 Å². The van der Waals surface area contributed by atoms with E-state index in [4.69, 9.17) is 4.74 Å². The Morgan fingerprint density at radius 2 is 1.82 bits per heavy atom. The Balaban J connectivity index is 2.72. The molecule has 0 aliphatic carbocycles.